The Morgan fingerprint density at radius 3 is 2.11 bits per heavy atom. The van der Waals surface area contributed by atoms with E-state index < -0.39 is 0 Å². The zero-order valence-corrected chi connectivity index (χ0v) is 24.7. The maximum atomic E-state index is 6.99. The van der Waals surface area contributed by atoms with E-state index in [1.54, 1.807) is 0 Å². The van der Waals surface area contributed by atoms with E-state index in [1.807, 2.05) is 11.3 Å². The summed E-state index contributed by atoms with van der Waals surface area (Å²) in [5, 5.41) is 10.1. The van der Waals surface area contributed by atoms with Crippen molar-refractivity contribution in [3.63, 3.8) is 0 Å². The standard InChI is InChI=1S/C42H26OS/c1-2-14-31-29(12-1)30-13-3-4-16-33(30)39-34(31)22-23-36-35-19-8-17-27(40(35)43-41(36)39)25-10-7-11-26(24-25)28-18-9-20-37-32-15-5-6-21-38(32)44-42(28)37/h1,3-13,15-24H,2,14H2. The molecule has 0 unspecified atom stereocenters. The monoisotopic (exact) mass is 578 g/mol. The van der Waals surface area contributed by atoms with Crippen LogP contribution in [0.2, 0.25) is 0 Å². The van der Waals surface area contributed by atoms with Gasteiger partial charge in [0.2, 0.25) is 0 Å². The van der Waals surface area contributed by atoms with Gasteiger partial charge in [-0.05, 0) is 75.0 Å². The molecule has 0 saturated heterocycles. The second-order valence-corrected chi connectivity index (χ2v) is 12.9. The average Bonchev–Trinajstić information content (AvgIpc) is 3.67. The quantitative estimate of drug-likeness (QED) is 0.186. The first-order valence-electron chi connectivity index (χ1n) is 15.3. The van der Waals surface area contributed by atoms with Crippen LogP contribution in [0, 0.1) is 0 Å². The molecule has 0 atom stereocenters. The van der Waals surface area contributed by atoms with Gasteiger partial charge in [-0.25, -0.2) is 0 Å². The molecule has 0 bridgehead atoms. The molecular formula is C42H26OS. The van der Waals surface area contributed by atoms with Gasteiger partial charge in [-0.2, -0.15) is 0 Å². The van der Waals surface area contributed by atoms with E-state index in [-0.39, 0.29) is 0 Å². The number of hydrogen-bond acceptors (Lipinski definition) is 2. The molecule has 9 aromatic rings. The van der Waals surface area contributed by atoms with E-state index in [0.29, 0.717) is 0 Å². The Morgan fingerprint density at radius 1 is 0.523 bits per heavy atom. The first-order chi connectivity index (χ1) is 21.8. The Balaban J connectivity index is 1.22. The molecule has 206 valence electrons. The molecule has 10 rings (SSSR count). The van der Waals surface area contributed by atoms with E-state index in [4.69, 9.17) is 4.42 Å². The fourth-order valence-electron chi connectivity index (χ4n) is 7.57. The maximum absolute atomic E-state index is 6.99. The molecule has 0 saturated carbocycles. The minimum absolute atomic E-state index is 0.953. The van der Waals surface area contributed by atoms with Gasteiger partial charge < -0.3 is 4.42 Å². The molecule has 1 nitrogen and oxygen atoms in total. The summed E-state index contributed by atoms with van der Waals surface area (Å²) in [6, 6.07) is 44.4. The number of hydrogen-bond donors (Lipinski definition) is 0. The van der Waals surface area contributed by atoms with Crippen LogP contribution in [0.25, 0.3) is 92.0 Å². The molecule has 44 heavy (non-hydrogen) atoms. The number of rotatable bonds is 2. The predicted molar refractivity (Wildman–Crippen MR) is 190 cm³/mol. The van der Waals surface area contributed by atoms with Crippen molar-refractivity contribution in [2.75, 3.05) is 0 Å². The van der Waals surface area contributed by atoms with E-state index in [9.17, 15) is 0 Å². The van der Waals surface area contributed by atoms with Crippen LogP contribution in [0.15, 0.2) is 132 Å². The highest BCUT2D eigenvalue weighted by atomic mass is 32.1. The Bertz CT molecular complexity index is 2660. The lowest BCUT2D eigenvalue weighted by Gasteiger charge is -2.17. The van der Waals surface area contributed by atoms with Gasteiger partial charge in [-0.15, -0.1) is 11.3 Å². The van der Waals surface area contributed by atoms with Crippen LogP contribution in [-0.2, 0) is 6.42 Å². The third-order valence-electron chi connectivity index (χ3n) is 9.54. The molecular weight excluding hydrogens is 553 g/mol. The van der Waals surface area contributed by atoms with Gasteiger partial charge in [0, 0.05) is 41.9 Å². The molecule has 1 aliphatic rings. The Labute approximate surface area is 258 Å². The van der Waals surface area contributed by atoms with E-state index in [1.165, 1.54) is 74.9 Å². The van der Waals surface area contributed by atoms with Crippen LogP contribution in [0.3, 0.4) is 0 Å². The van der Waals surface area contributed by atoms with Crippen molar-refractivity contribution in [3.05, 3.63) is 139 Å². The van der Waals surface area contributed by atoms with Crippen LogP contribution in [-0.4, -0.2) is 0 Å². The summed E-state index contributed by atoms with van der Waals surface area (Å²) in [6.07, 6.45) is 6.76. The molecule has 0 radical (unpaired) electrons. The van der Waals surface area contributed by atoms with Crippen molar-refractivity contribution in [3.8, 4) is 22.3 Å². The second-order valence-electron chi connectivity index (χ2n) is 11.9. The SMILES string of the molecule is C1=Cc2c(c3ccc4c5cccc(-c6cccc(-c7cccc8c7sc7ccccc78)c6)c5oc4c3c3ccccc23)CC1. The number of fused-ring (bicyclic) bond motifs is 13. The van der Waals surface area contributed by atoms with Crippen LogP contribution in [0.1, 0.15) is 17.5 Å². The summed E-state index contributed by atoms with van der Waals surface area (Å²) in [4.78, 5) is 0. The summed E-state index contributed by atoms with van der Waals surface area (Å²) in [7, 11) is 0. The van der Waals surface area contributed by atoms with E-state index >= 15 is 0 Å². The Hall–Kier alpha value is -5.18. The van der Waals surface area contributed by atoms with E-state index in [2.05, 4.69) is 133 Å². The highest BCUT2D eigenvalue weighted by molar-refractivity contribution is 7.26. The fourth-order valence-corrected chi connectivity index (χ4v) is 8.81. The van der Waals surface area contributed by atoms with E-state index in [0.717, 1.165) is 35.0 Å². The number of benzene rings is 7. The summed E-state index contributed by atoms with van der Waals surface area (Å²) in [5.41, 5.74) is 9.54. The lowest BCUT2D eigenvalue weighted by Crippen LogP contribution is -1.97. The number of allylic oxidation sites excluding steroid dienone is 1. The van der Waals surface area contributed by atoms with Gasteiger partial charge in [-0.1, -0.05) is 115 Å². The van der Waals surface area contributed by atoms with Crippen molar-refractivity contribution in [1.29, 1.82) is 0 Å². The highest BCUT2D eigenvalue weighted by Gasteiger charge is 2.20. The molecule has 2 aromatic heterocycles. The normalized spacial score (nSPS) is 13.2. The minimum Gasteiger partial charge on any atom is -0.455 e. The van der Waals surface area contributed by atoms with Crippen molar-refractivity contribution in [2.45, 2.75) is 12.8 Å². The summed E-state index contributed by atoms with van der Waals surface area (Å²) in [6.45, 7) is 0. The Kier molecular flexibility index (Phi) is 5.05. The van der Waals surface area contributed by atoms with Gasteiger partial charge in [0.25, 0.3) is 0 Å². The fraction of sp³-hybridized carbons (Fsp3) is 0.0476. The second kappa shape index (κ2) is 9.16. The first kappa shape index (κ1) is 24.3. The molecule has 0 amide bonds. The third-order valence-corrected chi connectivity index (χ3v) is 10.8. The van der Waals surface area contributed by atoms with Crippen molar-refractivity contribution < 1.29 is 4.42 Å². The summed E-state index contributed by atoms with van der Waals surface area (Å²) < 4.78 is 9.66. The van der Waals surface area contributed by atoms with Gasteiger partial charge in [0.05, 0.1) is 0 Å². The maximum Gasteiger partial charge on any atom is 0.143 e. The third kappa shape index (κ3) is 3.35. The highest BCUT2D eigenvalue weighted by Crippen LogP contribution is 2.45. The summed E-state index contributed by atoms with van der Waals surface area (Å²) in [5.74, 6) is 0. The lowest BCUT2D eigenvalue weighted by molar-refractivity contribution is 0.674. The topological polar surface area (TPSA) is 13.1 Å². The molecule has 0 spiro atoms. The molecule has 7 aromatic carbocycles. The molecule has 0 aliphatic heterocycles. The van der Waals surface area contributed by atoms with Crippen LogP contribution in [0.5, 0.6) is 0 Å². The van der Waals surface area contributed by atoms with Crippen LogP contribution < -0.4 is 0 Å². The zero-order chi connectivity index (χ0) is 28.8. The van der Waals surface area contributed by atoms with Crippen molar-refractivity contribution >= 4 is 81.1 Å². The number of furan rings is 1. The van der Waals surface area contributed by atoms with Gasteiger partial charge in [0.1, 0.15) is 11.2 Å². The largest absolute Gasteiger partial charge is 0.455 e. The molecule has 2 heterocycles. The smallest absolute Gasteiger partial charge is 0.143 e. The van der Waals surface area contributed by atoms with Gasteiger partial charge >= 0.3 is 0 Å². The molecule has 1 aliphatic carbocycles. The Morgan fingerprint density at radius 2 is 1.20 bits per heavy atom. The van der Waals surface area contributed by atoms with Crippen molar-refractivity contribution in [2.24, 2.45) is 0 Å². The van der Waals surface area contributed by atoms with Gasteiger partial charge in [0.15, 0.2) is 0 Å². The first-order valence-corrected chi connectivity index (χ1v) is 16.1. The number of para-hydroxylation sites is 1. The lowest BCUT2D eigenvalue weighted by atomic mass is 9.86. The van der Waals surface area contributed by atoms with Crippen LogP contribution in [0.4, 0.5) is 0 Å². The summed E-state index contributed by atoms with van der Waals surface area (Å²) >= 11 is 1.88. The average molecular weight is 579 g/mol. The molecule has 2 heteroatoms. The number of aryl methyl sites for hydroxylation is 1. The minimum atomic E-state index is 0.953. The predicted octanol–water partition coefficient (Wildman–Crippen LogP) is 12.6. The van der Waals surface area contributed by atoms with Crippen LogP contribution >= 0.6 is 11.3 Å². The zero-order valence-electron chi connectivity index (χ0n) is 23.9. The molecule has 0 N–H and O–H groups in total. The molecule has 0 fully saturated rings. The number of thiophene rings is 1. The van der Waals surface area contributed by atoms with Gasteiger partial charge in [-0.3, -0.25) is 0 Å². The van der Waals surface area contributed by atoms with Crippen molar-refractivity contribution in [1.82, 2.24) is 0 Å².